The van der Waals surface area contributed by atoms with Crippen LogP contribution in [0.15, 0.2) is 12.2 Å². The van der Waals surface area contributed by atoms with Crippen LogP contribution in [0, 0.1) is 17.3 Å². The van der Waals surface area contributed by atoms with Crippen LogP contribution in [-0.2, 0) is 9.59 Å². The van der Waals surface area contributed by atoms with Crippen LogP contribution in [0.2, 0.25) is 0 Å². The molecule has 6 nitrogen and oxygen atoms in total. The van der Waals surface area contributed by atoms with Crippen LogP contribution in [0.25, 0.3) is 0 Å². The standard InChI is InChI=1S/C22H35N3O3/c1-4-21(2,3)17-10-12-22(13-11-17)19(27)25(20(28)24-22)15-18(26)23-14-16-8-6-5-7-9-16/h5-6,16-17H,4,7-15H2,1-3H3,(H,23,26)(H,24,28). The molecule has 0 radical (unpaired) electrons. The van der Waals surface area contributed by atoms with Crippen molar-refractivity contribution in [1.82, 2.24) is 15.5 Å². The summed E-state index contributed by atoms with van der Waals surface area (Å²) in [7, 11) is 0. The first kappa shape index (κ1) is 20.9. The minimum absolute atomic E-state index is 0.182. The summed E-state index contributed by atoms with van der Waals surface area (Å²) in [5, 5.41) is 5.82. The van der Waals surface area contributed by atoms with Crippen LogP contribution in [0.1, 0.15) is 72.1 Å². The largest absolute Gasteiger partial charge is 0.354 e. The number of allylic oxidation sites excluding steroid dienone is 2. The average molecular weight is 390 g/mol. The normalized spacial score (nSPS) is 30.6. The van der Waals surface area contributed by atoms with Gasteiger partial charge in [0.25, 0.3) is 5.91 Å². The van der Waals surface area contributed by atoms with Crippen molar-refractivity contribution in [3.63, 3.8) is 0 Å². The number of rotatable bonds is 6. The zero-order chi connectivity index (χ0) is 20.4. The monoisotopic (exact) mass is 389 g/mol. The number of imide groups is 1. The fourth-order valence-corrected chi connectivity index (χ4v) is 4.84. The van der Waals surface area contributed by atoms with Gasteiger partial charge in [0.1, 0.15) is 12.1 Å². The molecule has 1 atom stereocenters. The van der Waals surface area contributed by atoms with E-state index in [4.69, 9.17) is 0 Å². The van der Waals surface area contributed by atoms with Gasteiger partial charge in [0.05, 0.1) is 0 Å². The lowest BCUT2D eigenvalue weighted by molar-refractivity contribution is -0.136. The third-order valence-electron chi connectivity index (χ3n) is 7.37. The highest BCUT2D eigenvalue weighted by atomic mass is 16.2. The van der Waals surface area contributed by atoms with Gasteiger partial charge in [-0.2, -0.15) is 0 Å². The van der Waals surface area contributed by atoms with Gasteiger partial charge in [-0.1, -0.05) is 39.3 Å². The topological polar surface area (TPSA) is 78.5 Å². The van der Waals surface area contributed by atoms with E-state index in [2.05, 4.69) is 43.6 Å². The van der Waals surface area contributed by atoms with Crippen LogP contribution < -0.4 is 10.6 Å². The maximum absolute atomic E-state index is 13.0. The molecule has 1 saturated carbocycles. The molecule has 1 aliphatic heterocycles. The Hall–Kier alpha value is -1.85. The number of carbonyl (C=O) groups is 3. The Balaban J connectivity index is 1.53. The molecule has 1 saturated heterocycles. The van der Waals surface area contributed by atoms with Crippen LogP contribution in [-0.4, -0.2) is 41.4 Å². The highest BCUT2D eigenvalue weighted by Crippen LogP contribution is 2.45. The molecule has 1 heterocycles. The quantitative estimate of drug-likeness (QED) is 0.540. The molecule has 6 heteroatoms. The van der Waals surface area contributed by atoms with Crippen molar-refractivity contribution in [1.29, 1.82) is 0 Å². The van der Waals surface area contributed by atoms with Gasteiger partial charge in [-0.15, -0.1) is 0 Å². The molecule has 2 aliphatic carbocycles. The molecule has 2 fully saturated rings. The number of carbonyl (C=O) groups excluding carboxylic acids is 3. The minimum Gasteiger partial charge on any atom is -0.354 e. The van der Waals surface area contributed by atoms with Crippen molar-refractivity contribution in [2.24, 2.45) is 17.3 Å². The summed E-state index contributed by atoms with van der Waals surface area (Å²) in [6.07, 6.45) is 11.7. The fraction of sp³-hybridized carbons (Fsp3) is 0.773. The van der Waals surface area contributed by atoms with Crippen molar-refractivity contribution >= 4 is 17.8 Å². The van der Waals surface area contributed by atoms with Crippen LogP contribution in [0.5, 0.6) is 0 Å². The van der Waals surface area contributed by atoms with E-state index in [1.54, 1.807) is 0 Å². The number of amides is 4. The molecule has 2 N–H and O–H groups in total. The summed E-state index contributed by atoms with van der Waals surface area (Å²) < 4.78 is 0. The second-order valence-corrected chi connectivity index (χ2v) is 9.47. The minimum atomic E-state index is -0.800. The maximum atomic E-state index is 13.0. The first-order valence-corrected chi connectivity index (χ1v) is 10.8. The molecule has 0 aromatic carbocycles. The molecule has 1 spiro atoms. The summed E-state index contributed by atoms with van der Waals surface area (Å²) in [5.41, 5.74) is -0.549. The number of hydrogen-bond acceptors (Lipinski definition) is 3. The van der Waals surface area contributed by atoms with Crippen LogP contribution >= 0.6 is 0 Å². The van der Waals surface area contributed by atoms with Gasteiger partial charge in [0.15, 0.2) is 0 Å². The summed E-state index contributed by atoms with van der Waals surface area (Å²) in [6, 6.07) is -0.422. The van der Waals surface area contributed by atoms with Gasteiger partial charge in [-0.25, -0.2) is 4.79 Å². The Morgan fingerprint density at radius 2 is 1.96 bits per heavy atom. The van der Waals surface area contributed by atoms with E-state index in [0.29, 0.717) is 31.2 Å². The van der Waals surface area contributed by atoms with Crippen molar-refractivity contribution in [2.75, 3.05) is 13.1 Å². The lowest BCUT2D eigenvalue weighted by atomic mass is 9.65. The van der Waals surface area contributed by atoms with E-state index in [0.717, 1.165) is 43.4 Å². The molecule has 156 valence electrons. The van der Waals surface area contributed by atoms with E-state index in [-0.39, 0.29) is 23.8 Å². The van der Waals surface area contributed by atoms with Gasteiger partial charge >= 0.3 is 6.03 Å². The predicted molar refractivity (Wildman–Crippen MR) is 108 cm³/mol. The smallest absolute Gasteiger partial charge is 0.325 e. The lowest BCUT2D eigenvalue weighted by Gasteiger charge is -2.42. The number of urea groups is 1. The maximum Gasteiger partial charge on any atom is 0.325 e. The highest BCUT2D eigenvalue weighted by molar-refractivity contribution is 6.09. The van der Waals surface area contributed by atoms with Gasteiger partial charge in [-0.05, 0) is 62.2 Å². The van der Waals surface area contributed by atoms with Crippen LogP contribution in [0.4, 0.5) is 4.79 Å². The Morgan fingerprint density at radius 1 is 1.25 bits per heavy atom. The number of nitrogens with one attached hydrogen (secondary N) is 2. The molecular weight excluding hydrogens is 354 g/mol. The predicted octanol–water partition coefficient (Wildman–Crippen LogP) is 3.38. The van der Waals surface area contributed by atoms with E-state index < -0.39 is 11.6 Å². The van der Waals surface area contributed by atoms with E-state index in [1.807, 2.05) is 0 Å². The number of hydrogen-bond donors (Lipinski definition) is 2. The molecule has 0 bridgehead atoms. The zero-order valence-corrected chi connectivity index (χ0v) is 17.6. The van der Waals surface area contributed by atoms with Gasteiger partial charge in [0.2, 0.25) is 5.91 Å². The van der Waals surface area contributed by atoms with Crippen LogP contribution in [0.3, 0.4) is 0 Å². The van der Waals surface area contributed by atoms with Crippen molar-refractivity contribution in [2.45, 2.75) is 77.7 Å². The number of nitrogens with zero attached hydrogens (tertiary/aromatic N) is 1. The fourth-order valence-electron chi connectivity index (χ4n) is 4.84. The molecule has 3 rings (SSSR count). The summed E-state index contributed by atoms with van der Waals surface area (Å²) in [5.74, 6) is 0.534. The van der Waals surface area contributed by atoms with E-state index in [1.165, 1.54) is 0 Å². The molecule has 0 aromatic rings. The van der Waals surface area contributed by atoms with Gasteiger partial charge < -0.3 is 10.6 Å². The van der Waals surface area contributed by atoms with Crippen molar-refractivity contribution in [3.8, 4) is 0 Å². The van der Waals surface area contributed by atoms with E-state index in [9.17, 15) is 14.4 Å². The molecule has 28 heavy (non-hydrogen) atoms. The second-order valence-electron chi connectivity index (χ2n) is 9.47. The summed E-state index contributed by atoms with van der Waals surface area (Å²) >= 11 is 0. The SMILES string of the molecule is CCC(C)(C)C1CCC2(CC1)NC(=O)N(CC(=O)NCC1CC=CCC1)C2=O. The first-order chi connectivity index (χ1) is 13.3. The summed E-state index contributed by atoms with van der Waals surface area (Å²) in [6.45, 7) is 7.19. The van der Waals surface area contributed by atoms with Crippen molar-refractivity contribution in [3.05, 3.63) is 12.2 Å². The van der Waals surface area contributed by atoms with E-state index >= 15 is 0 Å². The Kier molecular flexibility index (Phi) is 6.15. The third-order valence-corrected chi connectivity index (χ3v) is 7.37. The molecule has 4 amide bonds. The molecular formula is C22H35N3O3. The summed E-state index contributed by atoms with van der Waals surface area (Å²) in [4.78, 5) is 38.9. The lowest BCUT2D eigenvalue weighted by Crippen LogP contribution is -2.51. The zero-order valence-electron chi connectivity index (χ0n) is 17.6. The van der Waals surface area contributed by atoms with Gasteiger partial charge in [-0.3, -0.25) is 14.5 Å². The average Bonchev–Trinajstić information content (AvgIpc) is 2.91. The highest BCUT2D eigenvalue weighted by Gasteiger charge is 2.53. The first-order valence-electron chi connectivity index (χ1n) is 10.8. The second kappa shape index (κ2) is 8.26. The Labute approximate surface area is 168 Å². The van der Waals surface area contributed by atoms with Crippen molar-refractivity contribution < 1.29 is 14.4 Å². The third kappa shape index (κ3) is 4.26. The molecule has 0 aromatic heterocycles. The van der Waals surface area contributed by atoms with Gasteiger partial charge in [0, 0.05) is 6.54 Å². The molecule has 3 aliphatic rings. The Morgan fingerprint density at radius 3 is 2.57 bits per heavy atom. The Bertz CT molecular complexity index is 647. The molecule has 1 unspecified atom stereocenters.